The van der Waals surface area contributed by atoms with Gasteiger partial charge in [0.25, 0.3) is 0 Å². The van der Waals surface area contributed by atoms with Crippen molar-refractivity contribution >= 4 is 5.91 Å². The van der Waals surface area contributed by atoms with Crippen LogP contribution >= 0.6 is 0 Å². The van der Waals surface area contributed by atoms with Crippen LogP contribution in [0, 0.1) is 5.92 Å². The molecule has 16 heavy (non-hydrogen) atoms. The number of amides is 1. The zero-order valence-corrected chi connectivity index (χ0v) is 10.7. The molecule has 94 valence electrons. The van der Waals surface area contributed by atoms with E-state index in [0.29, 0.717) is 25.0 Å². The minimum Gasteiger partial charge on any atom is -0.353 e. The summed E-state index contributed by atoms with van der Waals surface area (Å²) in [6.45, 7) is 8.46. The third kappa shape index (κ3) is 3.46. The molecule has 0 aromatic heterocycles. The maximum atomic E-state index is 11.7. The van der Waals surface area contributed by atoms with Crippen LogP contribution in [0.2, 0.25) is 0 Å². The van der Waals surface area contributed by atoms with Gasteiger partial charge < -0.3 is 11.1 Å². The van der Waals surface area contributed by atoms with E-state index >= 15 is 0 Å². The van der Waals surface area contributed by atoms with E-state index in [9.17, 15) is 4.79 Å². The third-order valence-electron chi connectivity index (χ3n) is 3.61. The van der Waals surface area contributed by atoms with Gasteiger partial charge in [-0.25, -0.2) is 0 Å². The summed E-state index contributed by atoms with van der Waals surface area (Å²) in [5, 5.41) is 2.99. The standard InChI is InChI=1S/C12H25N3O/c1-4-10(3)14-12(16)8-15-6-5-9(2)11(15)7-13/h9-11H,4-8,13H2,1-3H3,(H,14,16). The van der Waals surface area contributed by atoms with E-state index in [4.69, 9.17) is 5.73 Å². The van der Waals surface area contributed by atoms with E-state index in [-0.39, 0.29) is 11.9 Å². The lowest BCUT2D eigenvalue weighted by molar-refractivity contribution is -0.123. The molecule has 1 aliphatic heterocycles. The second-order valence-corrected chi connectivity index (χ2v) is 4.92. The molecule has 0 aliphatic carbocycles. The third-order valence-corrected chi connectivity index (χ3v) is 3.61. The second kappa shape index (κ2) is 6.21. The van der Waals surface area contributed by atoms with Gasteiger partial charge in [-0.1, -0.05) is 13.8 Å². The van der Waals surface area contributed by atoms with Gasteiger partial charge in [0.15, 0.2) is 0 Å². The normalized spacial score (nSPS) is 28.0. The van der Waals surface area contributed by atoms with Crippen molar-refractivity contribution in [3.05, 3.63) is 0 Å². The first-order valence-electron chi connectivity index (χ1n) is 6.32. The quantitative estimate of drug-likeness (QED) is 0.722. The minimum absolute atomic E-state index is 0.127. The highest BCUT2D eigenvalue weighted by Crippen LogP contribution is 2.22. The van der Waals surface area contributed by atoms with Gasteiger partial charge in [-0.2, -0.15) is 0 Å². The van der Waals surface area contributed by atoms with Crippen LogP contribution < -0.4 is 11.1 Å². The molecule has 0 aromatic rings. The van der Waals surface area contributed by atoms with Crippen molar-refractivity contribution in [3.8, 4) is 0 Å². The Morgan fingerprint density at radius 3 is 2.88 bits per heavy atom. The minimum atomic E-state index is 0.127. The fourth-order valence-electron chi connectivity index (χ4n) is 2.27. The largest absolute Gasteiger partial charge is 0.353 e. The fraction of sp³-hybridized carbons (Fsp3) is 0.917. The number of hydrogen-bond acceptors (Lipinski definition) is 3. The maximum absolute atomic E-state index is 11.7. The van der Waals surface area contributed by atoms with Crippen LogP contribution in [0.1, 0.15) is 33.6 Å². The molecule has 1 aliphatic rings. The summed E-state index contributed by atoms with van der Waals surface area (Å²) >= 11 is 0. The van der Waals surface area contributed by atoms with Crippen LogP contribution in [0.4, 0.5) is 0 Å². The molecule has 1 rings (SSSR count). The first kappa shape index (κ1) is 13.5. The predicted molar refractivity (Wildman–Crippen MR) is 66.1 cm³/mol. The number of likely N-dealkylation sites (tertiary alicyclic amines) is 1. The first-order chi connectivity index (χ1) is 7.58. The molecule has 1 amide bonds. The van der Waals surface area contributed by atoms with Crippen LogP contribution in [-0.2, 0) is 4.79 Å². The maximum Gasteiger partial charge on any atom is 0.234 e. The van der Waals surface area contributed by atoms with Gasteiger partial charge in [-0.15, -0.1) is 0 Å². The number of carbonyl (C=O) groups is 1. The Morgan fingerprint density at radius 2 is 2.31 bits per heavy atom. The SMILES string of the molecule is CCC(C)NC(=O)CN1CCC(C)C1CN. The Balaban J connectivity index is 2.39. The zero-order chi connectivity index (χ0) is 12.1. The summed E-state index contributed by atoms with van der Waals surface area (Å²) in [6, 6.07) is 0.645. The molecule has 0 bridgehead atoms. The molecular formula is C12H25N3O. The highest BCUT2D eigenvalue weighted by atomic mass is 16.2. The van der Waals surface area contributed by atoms with Crippen LogP contribution in [0.15, 0.2) is 0 Å². The molecule has 0 saturated carbocycles. The summed E-state index contributed by atoms with van der Waals surface area (Å²) in [5.74, 6) is 0.739. The van der Waals surface area contributed by atoms with Crippen molar-refractivity contribution < 1.29 is 4.79 Å². The summed E-state index contributed by atoms with van der Waals surface area (Å²) in [4.78, 5) is 14.0. The van der Waals surface area contributed by atoms with Gasteiger partial charge in [0.1, 0.15) is 0 Å². The zero-order valence-electron chi connectivity index (χ0n) is 10.7. The van der Waals surface area contributed by atoms with Gasteiger partial charge >= 0.3 is 0 Å². The first-order valence-corrected chi connectivity index (χ1v) is 6.32. The van der Waals surface area contributed by atoms with Crippen LogP contribution in [0.25, 0.3) is 0 Å². The molecule has 0 radical (unpaired) electrons. The number of nitrogens with two attached hydrogens (primary N) is 1. The highest BCUT2D eigenvalue weighted by molar-refractivity contribution is 5.78. The van der Waals surface area contributed by atoms with Crippen molar-refractivity contribution in [2.75, 3.05) is 19.6 Å². The molecule has 4 nitrogen and oxygen atoms in total. The molecule has 1 heterocycles. The van der Waals surface area contributed by atoms with E-state index in [1.54, 1.807) is 0 Å². The number of nitrogens with one attached hydrogen (secondary N) is 1. The topological polar surface area (TPSA) is 58.4 Å². The van der Waals surface area contributed by atoms with Crippen LogP contribution in [0.5, 0.6) is 0 Å². The fourth-order valence-corrected chi connectivity index (χ4v) is 2.27. The molecule has 1 fully saturated rings. The molecular weight excluding hydrogens is 202 g/mol. The number of rotatable bonds is 5. The van der Waals surface area contributed by atoms with Gasteiger partial charge in [0, 0.05) is 18.6 Å². The highest BCUT2D eigenvalue weighted by Gasteiger charge is 2.30. The monoisotopic (exact) mass is 227 g/mol. The van der Waals surface area contributed by atoms with E-state index in [1.165, 1.54) is 0 Å². The van der Waals surface area contributed by atoms with Crippen molar-refractivity contribution in [2.45, 2.75) is 45.7 Å². The summed E-state index contributed by atoms with van der Waals surface area (Å²) in [6.07, 6.45) is 2.13. The molecule has 0 aromatic carbocycles. The molecule has 1 saturated heterocycles. The van der Waals surface area contributed by atoms with Crippen LogP contribution in [-0.4, -0.2) is 42.5 Å². The summed E-state index contributed by atoms with van der Waals surface area (Å²) in [7, 11) is 0. The number of nitrogens with zero attached hydrogens (tertiary/aromatic N) is 1. The molecule has 0 spiro atoms. The average molecular weight is 227 g/mol. The van der Waals surface area contributed by atoms with Crippen molar-refractivity contribution in [2.24, 2.45) is 11.7 Å². The molecule has 3 N–H and O–H groups in total. The van der Waals surface area contributed by atoms with E-state index in [2.05, 4.69) is 24.1 Å². The Bertz CT molecular complexity index is 232. The summed E-state index contributed by atoms with van der Waals surface area (Å²) in [5.41, 5.74) is 5.74. The Labute approximate surface area is 98.6 Å². The summed E-state index contributed by atoms with van der Waals surface area (Å²) < 4.78 is 0. The van der Waals surface area contributed by atoms with E-state index < -0.39 is 0 Å². The Morgan fingerprint density at radius 1 is 1.62 bits per heavy atom. The van der Waals surface area contributed by atoms with Crippen LogP contribution in [0.3, 0.4) is 0 Å². The smallest absolute Gasteiger partial charge is 0.234 e. The van der Waals surface area contributed by atoms with Crippen molar-refractivity contribution in [1.82, 2.24) is 10.2 Å². The lowest BCUT2D eigenvalue weighted by Crippen LogP contribution is -2.45. The van der Waals surface area contributed by atoms with E-state index in [0.717, 1.165) is 19.4 Å². The number of hydrogen-bond donors (Lipinski definition) is 2. The second-order valence-electron chi connectivity index (χ2n) is 4.92. The van der Waals surface area contributed by atoms with Gasteiger partial charge in [0.05, 0.1) is 6.54 Å². The lowest BCUT2D eigenvalue weighted by atomic mass is 10.0. The Hall–Kier alpha value is -0.610. The Kier molecular flexibility index (Phi) is 5.22. The number of carbonyl (C=O) groups excluding carboxylic acids is 1. The van der Waals surface area contributed by atoms with E-state index in [1.807, 2.05) is 6.92 Å². The average Bonchev–Trinajstić information content (AvgIpc) is 2.58. The van der Waals surface area contributed by atoms with Crippen molar-refractivity contribution in [3.63, 3.8) is 0 Å². The molecule has 3 atom stereocenters. The van der Waals surface area contributed by atoms with Gasteiger partial charge in [0.2, 0.25) is 5.91 Å². The van der Waals surface area contributed by atoms with Gasteiger partial charge in [-0.05, 0) is 32.2 Å². The van der Waals surface area contributed by atoms with Crippen molar-refractivity contribution in [1.29, 1.82) is 0 Å². The lowest BCUT2D eigenvalue weighted by Gasteiger charge is -2.25. The predicted octanol–water partition coefficient (Wildman–Crippen LogP) is 0.570. The molecule has 4 heteroatoms. The molecule has 3 unspecified atom stereocenters. The van der Waals surface area contributed by atoms with Gasteiger partial charge in [-0.3, -0.25) is 9.69 Å².